The minimum absolute atomic E-state index is 0.0210. The fourth-order valence-electron chi connectivity index (χ4n) is 4.12. The molecule has 1 aromatic heterocycles. The summed E-state index contributed by atoms with van der Waals surface area (Å²) in [5.41, 5.74) is -0.331. The van der Waals surface area contributed by atoms with Gasteiger partial charge in [-0.05, 0) is 19.1 Å². The Morgan fingerprint density at radius 3 is 2.41 bits per heavy atom. The number of hydrogen-bond donors (Lipinski definition) is 2. The van der Waals surface area contributed by atoms with Crippen LogP contribution in [0.15, 0.2) is 64.3 Å². The largest absolute Gasteiger partial charge is 0.509 e. The number of methoxy groups -OCH3 is 2. The number of benzene rings is 2. The number of ketones is 1. The summed E-state index contributed by atoms with van der Waals surface area (Å²) < 4.78 is 28.1. The van der Waals surface area contributed by atoms with Gasteiger partial charge in [-0.2, -0.15) is 0 Å². The predicted octanol–water partition coefficient (Wildman–Crippen LogP) is 2.29. The fraction of sp³-hybridized carbons (Fsp3) is 0.333. The summed E-state index contributed by atoms with van der Waals surface area (Å²) >= 11 is 0. The van der Waals surface area contributed by atoms with Crippen molar-refractivity contribution in [2.24, 2.45) is 0 Å². The van der Waals surface area contributed by atoms with Crippen LogP contribution >= 0.6 is 0 Å². The molecule has 4 rings (SSSR count). The van der Waals surface area contributed by atoms with E-state index in [-0.39, 0.29) is 6.42 Å². The SMILES string of the molecule is COc1cc(OC)cc(C(OC(=O)OC[C@H]2O[C@@H](n3cc(C)c(=O)[nH]c3=O)C[C@@H]2O)C(=O)c2ccccc2)c1. The molecule has 12 nitrogen and oxygen atoms in total. The lowest BCUT2D eigenvalue weighted by Gasteiger charge is -2.20. The summed E-state index contributed by atoms with van der Waals surface area (Å²) in [6, 6.07) is 13.0. The van der Waals surface area contributed by atoms with Crippen LogP contribution in [0.5, 0.6) is 11.5 Å². The number of aryl methyl sites for hydroxylation is 1. The molecule has 12 heteroatoms. The fourth-order valence-corrected chi connectivity index (χ4v) is 4.12. The first-order valence-corrected chi connectivity index (χ1v) is 12.0. The zero-order valence-corrected chi connectivity index (χ0v) is 21.5. The number of aliphatic hydroxyl groups is 1. The first kappa shape index (κ1) is 27.6. The second-order valence-corrected chi connectivity index (χ2v) is 8.85. The lowest BCUT2D eigenvalue weighted by atomic mass is 9.99. The number of aromatic nitrogens is 2. The van der Waals surface area contributed by atoms with Crippen molar-refractivity contribution in [2.45, 2.75) is 37.9 Å². The van der Waals surface area contributed by atoms with E-state index < -0.39 is 54.3 Å². The van der Waals surface area contributed by atoms with Crippen molar-refractivity contribution in [1.29, 1.82) is 0 Å². The molecule has 3 aromatic rings. The molecule has 2 aromatic carbocycles. The molecule has 0 bridgehead atoms. The average molecular weight is 541 g/mol. The molecule has 0 saturated carbocycles. The zero-order chi connectivity index (χ0) is 28.1. The second kappa shape index (κ2) is 12.0. The molecule has 2 N–H and O–H groups in total. The van der Waals surface area contributed by atoms with Gasteiger partial charge < -0.3 is 28.8 Å². The number of carbonyl (C=O) groups is 2. The minimum Gasteiger partial charge on any atom is -0.497 e. The first-order valence-electron chi connectivity index (χ1n) is 12.0. The van der Waals surface area contributed by atoms with Crippen LogP contribution in [0, 0.1) is 6.92 Å². The van der Waals surface area contributed by atoms with Gasteiger partial charge in [-0.25, -0.2) is 9.59 Å². The van der Waals surface area contributed by atoms with Crippen LogP contribution in [0.25, 0.3) is 0 Å². The van der Waals surface area contributed by atoms with Crippen molar-refractivity contribution in [3.05, 3.63) is 92.3 Å². The molecular weight excluding hydrogens is 512 g/mol. The molecule has 2 heterocycles. The first-order chi connectivity index (χ1) is 18.7. The van der Waals surface area contributed by atoms with E-state index in [0.29, 0.717) is 28.2 Å². The average Bonchev–Trinajstić information content (AvgIpc) is 3.32. The number of nitrogens with zero attached hydrogens (tertiary/aromatic N) is 1. The number of aliphatic hydroxyl groups excluding tert-OH is 1. The Bertz CT molecular complexity index is 1430. The van der Waals surface area contributed by atoms with Gasteiger partial charge in [0.15, 0.2) is 6.10 Å². The third-order valence-electron chi connectivity index (χ3n) is 6.21. The van der Waals surface area contributed by atoms with Crippen LogP contribution in [0.1, 0.15) is 40.2 Å². The van der Waals surface area contributed by atoms with Gasteiger partial charge in [-0.3, -0.25) is 19.1 Å². The Kier molecular flexibility index (Phi) is 8.47. The van der Waals surface area contributed by atoms with E-state index in [0.717, 1.165) is 4.57 Å². The van der Waals surface area contributed by atoms with E-state index >= 15 is 0 Å². The quantitative estimate of drug-likeness (QED) is 0.305. The van der Waals surface area contributed by atoms with Crippen LogP contribution < -0.4 is 20.7 Å². The van der Waals surface area contributed by atoms with Crippen LogP contribution in [-0.4, -0.2) is 59.6 Å². The highest BCUT2D eigenvalue weighted by atomic mass is 16.7. The van der Waals surface area contributed by atoms with E-state index in [1.165, 1.54) is 27.3 Å². The van der Waals surface area contributed by atoms with Crippen LogP contribution in [0.3, 0.4) is 0 Å². The molecule has 1 fully saturated rings. The second-order valence-electron chi connectivity index (χ2n) is 8.85. The summed E-state index contributed by atoms with van der Waals surface area (Å²) in [6.07, 6.45) is -4.17. The van der Waals surface area contributed by atoms with E-state index in [4.69, 9.17) is 23.7 Å². The Balaban J connectivity index is 1.49. The standard InChI is InChI=1S/C27H28N2O10/c1-15-13-29(26(33)28-25(15)32)22-12-20(30)21(38-22)14-37-27(34)39-24(23(31)16-7-5-4-6-8-16)17-9-18(35-2)11-19(10-17)36-3/h4-11,13,20-22,24,30H,12,14H2,1-3H3,(H,28,32,33)/t20-,21+,22+,24?/m0/s1. The molecule has 0 spiro atoms. The number of carbonyl (C=O) groups excluding carboxylic acids is 2. The van der Waals surface area contributed by atoms with Gasteiger partial charge in [-0.15, -0.1) is 0 Å². The Hall–Kier alpha value is -4.42. The van der Waals surface area contributed by atoms with Gasteiger partial charge in [0, 0.05) is 35.4 Å². The highest BCUT2D eigenvalue weighted by Gasteiger charge is 2.37. The van der Waals surface area contributed by atoms with Crippen molar-refractivity contribution < 1.29 is 38.4 Å². The number of rotatable bonds is 9. The lowest BCUT2D eigenvalue weighted by molar-refractivity contribution is -0.0619. The summed E-state index contributed by atoms with van der Waals surface area (Å²) in [4.78, 5) is 52.1. The van der Waals surface area contributed by atoms with E-state index in [9.17, 15) is 24.3 Å². The van der Waals surface area contributed by atoms with Crippen molar-refractivity contribution in [3.63, 3.8) is 0 Å². The zero-order valence-electron chi connectivity index (χ0n) is 21.5. The predicted molar refractivity (Wildman–Crippen MR) is 136 cm³/mol. The van der Waals surface area contributed by atoms with Crippen molar-refractivity contribution in [1.82, 2.24) is 9.55 Å². The van der Waals surface area contributed by atoms with Crippen LogP contribution in [-0.2, 0) is 14.2 Å². The highest BCUT2D eigenvalue weighted by molar-refractivity contribution is 6.00. The molecule has 1 unspecified atom stereocenters. The molecular formula is C27H28N2O10. The van der Waals surface area contributed by atoms with E-state index in [1.54, 1.807) is 48.5 Å². The van der Waals surface area contributed by atoms with Crippen LogP contribution in [0.2, 0.25) is 0 Å². The molecule has 1 aliphatic rings. The summed E-state index contributed by atoms with van der Waals surface area (Å²) in [6.45, 7) is 1.11. The number of hydrogen-bond acceptors (Lipinski definition) is 10. The molecule has 0 amide bonds. The van der Waals surface area contributed by atoms with Gasteiger partial charge in [-0.1, -0.05) is 30.3 Å². The molecule has 1 saturated heterocycles. The number of H-pyrrole nitrogens is 1. The number of aromatic amines is 1. The molecule has 1 aliphatic heterocycles. The van der Waals surface area contributed by atoms with Gasteiger partial charge in [0.05, 0.1) is 20.3 Å². The molecule has 0 radical (unpaired) electrons. The Labute approximate surface area is 222 Å². The van der Waals surface area contributed by atoms with Crippen molar-refractivity contribution >= 4 is 11.9 Å². The molecule has 206 valence electrons. The van der Waals surface area contributed by atoms with Gasteiger partial charge in [0.2, 0.25) is 5.78 Å². The maximum atomic E-state index is 13.3. The Morgan fingerprint density at radius 2 is 1.77 bits per heavy atom. The maximum Gasteiger partial charge on any atom is 0.509 e. The Morgan fingerprint density at radius 1 is 1.10 bits per heavy atom. The summed E-state index contributed by atoms with van der Waals surface area (Å²) in [5, 5.41) is 10.4. The van der Waals surface area contributed by atoms with E-state index in [1.807, 2.05) is 0 Å². The molecule has 4 atom stereocenters. The minimum atomic E-state index is -1.39. The maximum absolute atomic E-state index is 13.3. The number of nitrogens with one attached hydrogen (secondary N) is 1. The smallest absolute Gasteiger partial charge is 0.497 e. The third kappa shape index (κ3) is 6.36. The molecule has 39 heavy (non-hydrogen) atoms. The lowest BCUT2D eigenvalue weighted by Crippen LogP contribution is -2.33. The van der Waals surface area contributed by atoms with Gasteiger partial charge >= 0.3 is 11.8 Å². The van der Waals surface area contributed by atoms with Crippen molar-refractivity contribution in [3.8, 4) is 11.5 Å². The monoisotopic (exact) mass is 540 g/mol. The number of Topliss-reactive ketones (excluding diaryl/α,β-unsaturated/α-hetero) is 1. The highest BCUT2D eigenvalue weighted by Crippen LogP contribution is 2.32. The van der Waals surface area contributed by atoms with Gasteiger partial charge in [0.25, 0.3) is 5.56 Å². The summed E-state index contributed by atoms with van der Waals surface area (Å²) in [7, 11) is 2.90. The van der Waals surface area contributed by atoms with Crippen LogP contribution in [0.4, 0.5) is 4.79 Å². The normalized spacial score (nSPS) is 19.2. The number of ether oxygens (including phenoxy) is 5. The van der Waals surface area contributed by atoms with Crippen molar-refractivity contribution in [2.75, 3.05) is 20.8 Å². The summed E-state index contributed by atoms with van der Waals surface area (Å²) in [5.74, 6) is 0.259. The molecule has 0 aliphatic carbocycles. The van der Waals surface area contributed by atoms with Gasteiger partial charge in [0.1, 0.15) is 30.4 Å². The topological polar surface area (TPSA) is 155 Å². The third-order valence-corrected chi connectivity index (χ3v) is 6.21. The van der Waals surface area contributed by atoms with E-state index in [2.05, 4.69) is 4.98 Å².